The number of nitro benzene ring substituents is 2. The number of hydrogen-bond acceptors (Lipinski definition) is 23. The SMILES string of the molecule is O=C1C=C(O)C(N=Nc2cc(S(=O)(=O)[O-])cc3c2C(=O)C(=NNc2ccc([N+](=O)[O-])cc2Cl)C(S(=O)(=O)[O-])=C3)=CC1=NNc1ccc(Nc2ccc([N+](=O)[O-])cc2S(=O)(=O)[O-])cc1.[Na+].[Na+].[Na+]. The maximum atomic E-state index is 13.9. The van der Waals surface area contributed by atoms with Crippen LogP contribution >= 0.6 is 11.6 Å². The van der Waals surface area contributed by atoms with Crippen LogP contribution < -0.4 is 105 Å². The van der Waals surface area contributed by atoms with Crippen molar-refractivity contribution in [2.24, 2.45) is 20.4 Å². The van der Waals surface area contributed by atoms with Gasteiger partial charge in [0.25, 0.3) is 11.4 Å². The minimum atomic E-state index is -5.58. The van der Waals surface area contributed by atoms with Crippen molar-refractivity contribution in [3.05, 3.63) is 138 Å². The van der Waals surface area contributed by atoms with E-state index in [1.54, 1.807) is 0 Å². The number of fused-ring (bicyclic) bond motifs is 1. The predicted octanol–water partition coefficient (Wildman–Crippen LogP) is -4.27. The average molecular weight is 1010 g/mol. The van der Waals surface area contributed by atoms with Gasteiger partial charge < -0.3 is 24.1 Å². The van der Waals surface area contributed by atoms with Crippen LogP contribution in [-0.4, -0.2) is 76.9 Å². The van der Waals surface area contributed by atoms with Crippen molar-refractivity contribution in [1.29, 1.82) is 0 Å². The molecule has 0 aromatic heterocycles. The number of carbonyl (C=O) groups excluding carboxylic acids is 2. The average Bonchev–Trinajstić information content (AvgIpc) is 3.19. The quantitative estimate of drug-likeness (QED) is 0.0246. The second kappa shape index (κ2) is 22.0. The molecule has 4 aromatic carbocycles. The molecular weight excluding hydrogens is 991 g/mol. The zero-order valence-corrected chi connectivity index (χ0v) is 42.7. The van der Waals surface area contributed by atoms with E-state index in [-0.39, 0.29) is 116 Å². The number of non-ortho nitro benzene ring substituents is 2. The van der Waals surface area contributed by atoms with Gasteiger partial charge >= 0.3 is 88.7 Å². The first-order valence-corrected chi connectivity index (χ1v) is 21.2. The van der Waals surface area contributed by atoms with Crippen molar-refractivity contribution in [1.82, 2.24) is 0 Å². The van der Waals surface area contributed by atoms with Crippen LogP contribution in [0.15, 0.2) is 132 Å². The Balaban J connectivity index is 0.00000385. The molecule has 0 bridgehead atoms. The molecule has 66 heavy (non-hydrogen) atoms. The summed E-state index contributed by atoms with van der Waals surface area (Å²) in [7, 11) is -16.1. The Labute approximate surface area is 442 Å². The first kappa shape index (κ1) is 55.7. The van der Waals surface area contributed by atoms with Crippen molar-refractivity contribution in [2.75, 3.05) is 16.2 Å². The van der Waals surface area contributed by atoms with Crippen molar-refractivity contribution in [3.63, 3.8) is 0 Å². The molecule has 0 unspecified atom stereocenters. The summed E-state index contributed by atoms with van der Waals surface area (Å²) in [6.45, 7) is 0. The molecule has 0 atom stereocenters. The number of aliphatic hydroxyl groups excluding tert-OH is 1. The van der Waals surface area contributed by atoms with E-state index in [0.29, 0.717) is 30.4 Å². The number of azo groups is 1. The third kappa shape index (κ3) is 13.1. The number of allylic oxidation sites excluding steroid dienone is 3. The van der Waals surface area contributed by atoms with Gasteiger partial charge in [0.05, 0.1) is 57.9 Å². The largest absolute Gasteiger partial charge is 1.00 e. The van der Waals surface area contributed by atoms with Gasteiger partial charge in [0.2, 0.25) is 11.6 Å². The molecule has 0 fully saturated rings. The first-order valence-electron chi connectivity index (χ1n) is 16.6. The molecule has 0 amide bonds. The molecular formula is C34H19ClN9Na3O16S3. The number of halogens is 1. The van der Waals surface area contributed by atoms with Crippen molar-refractivity contribution in [2.45, 2.75) is 9.79 Å². The van der Waals surface area contributed by atoms with Gasteiger partial charge in [-0.15, -0.1) is 10.2 Å². The van der Waals surface area contributed by atoms with E-state index in [2.05, 4.69) is 36.6 Å². The van der Waals surface area contributed by atoms with E-state index in [4.69, 9.17) is 11.6 Å². The summed E-state index contributed by atoms with van der Waals surface area (Å²) in [5.74, 6) is -3.09. The summed E-state index contributed by atoms with van der Waals surface area (Å²) in [6, 6.07) is 12.2. The van der Waals surface area contributed by atoms with Crippen LogP contribution in [0.5, 0.6) is 0 Å². The zero-order valence-electron chi connectivity index (χ0n) is 33.5. The number of nitrogens with zero attached hydrogens (tertiary/aromatic N) is 6. The van der Waals surface area contributed by atoms with Crippen LogP contribution in [0.1, 0.15) is 15.9 Å². The Morgan fingerprint density at radius 3 is 1.80 bits per heavy atom. The molecule has 2 aliphatic carbocycles. The molecule has 0 saturated heterocycles. The number of benzene rings is 4. The summed E-state index contributed by atoms with van der Waals surface area (Å²) in [6.07, 6.45) is 2.07. The number of Topliss-reactive ketones (excluding diaryl/α,β-unsaturated/α-hetero) is 1. The van der Waals surface area contributed by atoms with Crippen molar-refractivity contribution >= 4 is 111 Å². The summed E-state index contributed by atoms with van der Waals surface area (Å²) in [5.41, 5.74) is -0.430. The molecule has 0 spiro atoms. The number of hydrogen-bond donors (Lipinski definition) is 4. The standard InChI is InChI=1S/C34H22ClN9O16S3.3Na/c35-22-11-19(43(48)49)5-7-23(22)38-42-33-31(63(58,59)60)10-16-9-21(61(52,53)54)13-27(32(16)34(33)47)41-40-26-14-25(28(45)15-29(26)46)39-37-18-3-1-17(2-4-18)36-24-8-6-20(44(50)51)12-30(24)62(55,56)57;;;/h1-15,36-38,46H,(H,52,53,54)(H,55,56,57)(H,58,59,60);;;/q;3*+1/p-3. The zero-order chi connectivity index (χ0) is 46.2. The molecule has 25 nitrogen and oxygen atoms in total. The van der Waals surface area contributed by atoms with E-state index >= 15 is 0 Å². The fourth-order valence-electron chi connectivity index (χ4n) is 5.43. The topological polar surface area (TPSA) is 398 Å². The molecule has 0 radical (unpaired) electrons. The Bertz CT molecular complexity index is 3260. The van der Waals surface area contributed by atoms with Gasteiger partial charge in [0, 0.05) is 42.1 Å². The normalized spacial score (nSPS) is 15.0. The minimum Gasteiger partial charge on any atom is -0.744 e. The second-order valence-electron chi connectivity index (χ2n) is 12.5. The van der Waals surface area contributed by atoms with Gasteiger partial charge in [-0.1, -0.05) is 11.6 Å². The van der Waals surface area contributed by atoms with E-state index in [1.165, 1.54) is 24.3 Å². The second-order valence-corrected chi connectivity index (χ2v) is 17.0. The van der Waals surface area contributed by atoms with Crippen molar-refractivity contribution < 1.29 is 152 Å². The number of nitrogens with one attached hydrogen (secondary N) is 3. The third-order valence-corrected chi connectivity index (χ3v) is 11.2. The molecule has 2 aliphatic rings. The molecule has 32 heteroatoms. The maximum absolute atomic E-state index is 13.9. The number of nitro groups is 2. The van der Waals surface area contributed by atoms with Gasteiger partial charge in [0.1, 0.15) is 53.2 Å². The van der Waals surface area contributed by atoms with Crippen LogP contribution in [0.2, 0.25) is 5.02 Å². The minimum absolute atomic E-state index is 0. The number of ketones is 2. The summed E-state index contributed by atoms with van der Waals surface area (Å²) < 4.78 is 108. The Hall–Kier alpha value is -4.60. The van der Waals surface area contributed by atoms with Gasteiger partial charge in [-0.25, -0.2) is 25.3 Å². The van der Waals surface area contributed by atoms with Gasteiger partial charge in [0.15, 0.2) is 0 Å². The summed E-state index contributed by atoms with van der Waals surface area (Å²) in [5, 5.41) is 50.2. The molecule has 324 valence electrons. The van der Waals surface area contributed by atoms with E-state index in [9.17, 15) is 73.8 Å². The van der Waals surface area contributed by atoms with Crippen LogP contribution in [0, 0.1) is 20.2 Å². The smallest absolute Gasteiger partial charge is 0.744 e. The molecule has 0 saturated carbocycles. The van der Waals surface area contributed by atoms with E-state index in [1.807, 2.05) is 0 Å². The van der Waals surface area contributed by atoms with Gasteiger partial charge in [-0.3, -0.25) is 40.7 Å². The van der Waals surface area contributed by atoms with E-state index < -0.39 is 118 Å². The Morgan fingerprint density at radius 1 is 0.652 bits per heavy atom. The number of hydrazone groups is 2. The number of anilines is 4. The number of carbonyl (C=O) groups is 2. The molecule has 6 rings (SSSR count). The van der Waals surface area contributed by atoms with Crippen LogP contribution in [0.4, 0.5) is 39.8 Å². The fourth-order valence-corrected chi connectivity index (χ4v) is 7.48. The Kier molecular flexibility index (Phi) is 18.6. The molecule has 4 aromatic rings. The van der Waals surface area contributed by atoms with Crippen LogP contribution in [-0.2, 0) is 35.1 Å². The molecule has 4 N–H and O–H groups in total. The van der Waals surface area contributed by atoms with Crippen LogP contribution in [0.3, 0.4) is 0 Å². The van der Waals surface area contributed by atoms with Gasteiger partial charge in [-0.2, -0.15) is 10.2 Å². The summed E-state index contributed by atoms with van der Waals surface area (Å²) >= 11 is 6.04. The molecule has 0 aliphatic heterocycles. The number of rotatable bonds is 13. The first-order chi connectivity index (χ1) is 29.4. The van der Waals surface area contributed by atoms with Crippen LogP contribution in [0.25, 0.3) is 6.08 Å². The van der Waals surface area contributed by atoms with Gasteiger partial charge in [-0.05, 0) is 60.2 Å². The molecule has 0 heterocycles. The monoisotopic (exact) mass is 1010 g/mol. The number of aliphatic hydroxyl groups is 1. The maximum Gasteiger partial charge on any atom is 1.00 e. The van der Waals surface area contributed by atoms with Crippen molar-refractivity contribution in [3.8, 4) is 0 Å². The summed E-state index contributed by atoms with van der Waals surface area (Å²) in [4.78, 5) is 43.8. The van der Waals surface area contributed by atoms with E-state index in [0.717, 1.165) is 36.4 Å². The predicted molar refractivity (Wildman–Crippen MR) is 216 cm³/mol. The third-order valence-electron chi connectivity index (χ3n) is 8.33. The fraction of sp³-hybridized carbons (Fsp3) is 0. The Morgan fingerprint density at radius 2 is 1.24 bits per heavy atom.